The summed E-state index contributed by atoms with van der Waals surface area (Å²) >= 11 is 0. The van der Waals surface area contributed by atoms with Crippen molar-refractivity contribution in [2.45, 2.75) is 11.8 Å². The number of hydrogen-bond acceptors (Lipinski definition) is 3. The Morgan fingerprint density at radius 3 is 2.55 bits per heavy atom. The highest BCUT2D eigenvalue weighted by atomic mass is 32.2. The van der Waals surface area contributed by atoms with Crippen LogP contribution in [-0.2, 0) is 17.1 Å². The number of primary sulfonamides is 1. The van der Waals surface area contributed by atoms with Gasteiger partial charge in [0.2, 0.25) is 10.0 Å². The summed E-state index contributed by atoms with van der Waals surface area (Å²) in [6.45, 7) is 1.64. The van der Waals surface area contributed by atoms with Crippen LogP contribution in [0.25, 0.3) is 0 Å². The van der Waals surface area contributed by atoms with Crippen LogP contribution in [0.4, 0.5) is 5.69 Å². The number of aryl methyl sites for hydroxylation is 2. The molecule has 0 radical (unpaired) electrons. The average Bonchev–Trinajstić information content (AvgIpc) is 2.76. The van der Waals surface area contributed by atoms with E-state index in [1.807, 2.05) is 0 Å². The number of anilines is 1. The molecule has 6 nitrogen and oxygen atoms in total. The molecule has 1 aromatic heterocycles. The van der Waals surface area contributed by atoms with Gasteiger partial charge in [0.25, 0.3) is 5.91 Å². The summed E-state index contributed by atoms with van der Waals surface area (Å²) in [5, 5.41) is 7.78. The second kappa shape index (κ2) is 5.10. The lowest BCUT2D eigenvalue weighted by molar-refractivity contribution is 0.101. The van der Waals surface area contributed by atoms with Crippen LogP contribution in [0.1, 0.15) is 16.1 Å². The molecule has 106 valence electrons. The van der Waals surface area contributed by atoms with Crippen molar-refractivity contribution in [1.82, 2.24) is 4.57 Å². The zero-order chi connectivity index (χ0) is 14.9. The molecule has 0 atom stereocenters. The highest BCUT2D eigenvalue weighted by Crippen LogP contribution is 2.19. The van der Waals surface area contributed by atoms with E-state index in [1.165, 1.54) is 6.07 Å². The summed E-state index contributed by atoms with van der Waals surface area (Å²) in [6.07, 6.45) is 1.75. The Morgan fingerprint density at radius 1 is 1.30 bits per heavy atom. The molecule has 20 heavy (non-hydrogen) atoms. The minimum atomic E-state index is -3.81. The third kappa shape index (κ3) is 2.89. The Hall–Kier alpha value is -2.12. The van der Waals surface area contributed by atoms with Gasteiger partial charge in [-0.25, -0.2) is 13.6 Å². The van der Waals surface area contributed by atoms with Crippen LogP contribution < -0.4 is 10.5 Å². The molecule has 0 aliphatic carbocycles. The van der Waals surface area contributed by atoms with Gasteiger partial charge in [0.1, 0.15) is 5.69 Å². The Balaban J connectivity index is 2.32. The lowest BCUT2D eigenvalue weighted by Gasteiger charge is -2.09. The maximum atomic E-state index is 12.0. The van der Waals surface area contributed by atoms with Gasteiger partial charge < -0.3 is 9.88 Å². The zero-order valence-electron chi connectivity index (χ0n) is 11.1. The second-order valence-corrected chi connectivity index (χ2v) is 6.01. The van der Waals surface area contributed by atoms with Gasteiger partial charge in [0, 0.05) is 18.9 Å². The lowest BCUT2D eigenvalue weighted by Crippen LogP contribution is -2.17. The molecule has 1 heterocycles. The van der Waals surface area contributed by atoms with Gasteiger partial charge in [-0.05, 0) is 36.8 Å². The van der Waals surface area contributed by atoms with Gasteiger partial charge in [-0.1, -0.05) is 6.07 Å². The van der Waals surface area contributed by atoms with E-state index in [0.29, 0.717) is 16.9 Å². The number of rotatable bonds is 3. The Bertz CT molecular complexity index is 763. The molecular formula is C13H15N3O3S. The standard InChI is InChI=1S/C13H15N3O3S/c1-9-5-6-10(8-12(9)20(14,18)19)15-13(17)11-4-3-7-16(11)2/h3-8H,1-2H3,(H,15,17)(H2,14,18,19). The minimum absolute atomic E-state index is 0.00202. The monoisotopic (exact) mass is 293 g/mol. The Labute approximate surface area is 117 Å². The first-order chi connectivity index (χ1) is 9.29. The molecule has 0 spiro atoms. The van der Waals surface area contributed by atoms with Crippen LogP contribution in [0.3, 0.4) is 0 Å². The van der Waals surface area contributed by atoms with Crippen LogP contribution in [0.15, 0.2) is 41.4 Å². The molecule has 2 rings (SSSR count). The second-order valence-electron chi connectivity index (χ2n) is 4.48. The van der Waals surface area contributed by atoms with Crippen molar-refractivity contribution >= 4 is 21.6 Å². The van der Waals surface area contributed by atoms with Crippen LogP contribution in [0.5, 0.6) is 0 Å². The molecule has 7 heteroatoms. The number of amides is 1. The molecule has 3 N–H and O–H groups in total. The molecule has 0 saturated carbocycles. The summed E-state index contributed by atoms with van der Waals surface area (Å²) in [5.41, 5.74) is 1.39. The number of nitrogens with two attached hydrogens (primary N) is 1. The normalized spacial score (nSPS) is 11.3. The summed E-state index contributed by atoms with van der Waals surface area (Å²) in [7, 11) is -2.06. The van der Waals surface area contributed by atoms with E-state index in [1.54, 1.807) is 49.0 Å². The van der Waals surface area contributed by atoms with Crippen LogP contribution in [0.2, 0.25) is 0 Å². The predicted octanol–water partition coefficient (Wildman–Crippen LogP) is 1.23. The number of sulfonamides is 1. The number of carbonyl (C=O) groups excluding carboxylic acids is 1. The fraction of sp³-hybridized carbons (Fsp3) is 0.154. The smallest absolute Gasteiger partial charge is 0.272 e. The molecule has 0 fully saturated rings. The van der Waals surface area contributed by atoms with Gasteiger partial charge in [0.05, 0.1) is 4.90 Å². The van der Waals surface area contributed by atoms with Crippen molar-refractivity contribution in [2.75, 3.05) is 5.32 Å². The van der Waals surface area contributed by atoms with Gasteiger partial charge in [0.15, 0.2) is 0 Å². The highest BCUT2D eigenvalue weighted by molar-refractivity contribution is 7.89. The molecule has 2 aromatic rings. The Kier molecular flexibility index (Phi) is 3.65. The van der Waals surface area contributed by atoms with E-state index in [2.05, 4.69) is 5.32 Å². The van der Waals surface area contributed by atoms with Crippen LogP contribution in [-0.4, -0.2) is 18.9 Å². The number of nitrogens with one attached hydrogen (secondary N) is 1. The van der Waals surface area contributed by atoms with E-state index >= 15 is 0 Å². The molecule has 0 saturated heterocycles. The average molecular weight is 293 g/mol. The van der Waals surface area contributed by atoms with E-state index < -0.39 is 10.0 Å². The van der Waals surface area contributed by atoms with Crippen molar-refractivity contribution in [1.29, 1.82) is 0 Å². The topological polar surface area (TPSA) is 94.2 Å². The molecule has 0 aliphatic rings. The lowest BCUT2D eigenvalue weighted by atomic mass is 10.2. The first kappa shape index (κ1) is 14.3. The Morgan fingerprint density at radius 2 is 2.00 bits per heavy atom. The third-order valence-electron chi connectivity index (χ3n) is 2.93. The fourth-order valence-electron chi connectivity index (χ4n) is 1.88. The largest absolute Gasteiger partial charge is 0.347 e. The number of carbonyl (C=O) groups is 1. The van der Waals surface area contributed by atoms with Gasteiger partial charge in [-0.3, -0.25) is 4.79 Å². The molecular weight excluding hydrogens is 278 g/mol. The van der Waals surface area contributed by atoms with Crippen molar-refractivity contribution in [3.05, 3.63) is 47.8 Å². The van der Waals surface area contributed by atoms with E-state index in [4.69, 9.17) is 5.14 Å². The van der Waals surface area contributed by atoms with Crippen LogP contribution in [0, 0.1) is 6.92 Å². The molecule has 0 bridgehead atoms. The van der Waals surface area contributed by atoms with E-state index in [0.717, 1.165) is 0 Å². The number of benzene rings is 1. The number of aromatic nitrogens is 1. The number of nitrogens with zero attached hydrogens (tertiary/aromatic N) is 1. The molecule has 0 unspecified atom stereocenters. The van der Waals surface area contributed by atoms with Gasteiger partial charge in [-0.15, -0.1) is 0 Å². The fourth-order valence-corrected chi connectivity index (χ4v) is 2.68. The van der Waals surface area contributed by atoms with E-state index in [9.17, 15) is 13.2 Å². The summed E-state index contributed by atoms with van der Waals surface area (Å²) < 4.78 is 24.5. The van der Waals surface area contributed by atoms with Crippen molar-refractivity contribution < 1.29 is 13.2 Å². The third-order valence-corrected chi connectivity index (χ3v) is 3.98. The molecule has 1 aromatic carbocycles. The predicted molar refractivity (Wildman–Crippen MR) is 75.9 cm³/mol. The first-order valence-corrected chi connectivity index (χ1v) is 7.40. The summed E-state index contributed by atoms with van der Waals surface area (Å²) in [5.74, 6) is -0.318. The van der Waals surface area contributed by atoms with Crippen molar-refractivity contribution in [3.8, 4) is 0 Å². The quantitative estimate of drug-likeness (QED) is 0.891. The van der Waals surface area contributed by atoms with Crippen molar-refractivity contribution in [2.24, 2.45) is 12.2 Å². The van der Waals surface area contributed by atoms with Gasteiger partial charge >= 0.3 is 0 Å². The van der Waals surface area contributed by atoms with Gasteiger partial charge in [-0.2, -0.15) is 0 Å². The maximum absolute atomic E-state index is 12.0. The van der Waals surface area contributed by atoms with E-state index in [-0.39, 0.29) is 10.8 Å². The summed E-state index contributed by atoms with van der Waals surface area (Å²) in [4.78, 5) is 12.0. The maximum Gasteiger partial charge on any atom is 0.272 e. The highest BCUT2D eigenvalue weighted by Gasteiger charge is 2.14. The van der Waals surface area contributed by atoms with Crippen molar-refractivity contribution in [3.63, 3.8) is 0 Å². The number of hydrogen-bond donors (Lipinski definition) is 2. The summed E-state index contributed by atoms with van der Waals surface area (Å²) in [6, 6.07) is 8.00. The molecule has 1 amide bonds. The zero-order valence-corrected chi connectivity index (χ0v) is 11.9. The minimum Gasteiger partial charge on any atom is -0.347 e. The molecule has 0 aliphatic heterocycles. The first-order valence-electron chi connectivity index (χ1n) is 5.85. The van der Waals surface area contributed by atoms with Crippen LogP contribution >= 0.6 is 0 Å². The SMILES string of the molecule is Cc1ccc(NC(=O)c2cccn2C)cc1S(N)(=O)=O.